The van der Waals surface area contributed by atoms with Crippen LogP contribution in [0.15, 0.2) is 42.5 Å². The molecule has 7 nitrogen and oxygen atoms in total. The van der Waals surface area contributed by atoms with Crippen molar-refractivity contribution >= 4 is 40.9 Å². The van der Waals surface area contributed by atoms with E-state index >= 15 is 0 Å². The van der Waals surface area contributed by atoms with Crippen LogP contribution >= 0.6 is 23.4 Å². The fourth-order valence-electron chi connectivity index (χ4n) is 2.70. The number of halogens is 1. The Labute approximate surface area is 171 Å². The highest BCUT2D eigenvalue weighted by Crippen LogP contribution is 2.41. The lowest BCUT2D eigenvalue weighted by molar-refractivity contribution is 0.174. The van der Waals surface area contributed by atoms with Gasteiger partial charge in [0.2, 0.25) is 18.7 Å². The number of fused-ring (bicyclic) bond motifs is 1. The van der Waals surface area contributed by atoms with Crippen molar-refractivity contribution in [3.05, 3.63) is 58.9 Å². The van der Waals surface area contributed by atoms with Gasteiger partial charge in [0.1, 0.15) is 5.82 Å². The van der Waals surface area contributed by atoms with Crippen molar-refractivity contribution in [1.82, 2.24) is 15.0 Å². The third-order valence-corrected chi connectivity index (χ3v) is 5.54. The second-order valence-electron chi connectivity index (χ2n) is 6.13. The monoisotopic (exact) mass is 415 g/mol. The smallest absolute Gasteiger partial charge is 0.232 e. The molecule has 1 aliphatic heterocycles. The van der Waals surface area contributed by atoms with Gasteiger partial charge in [-0.2, -0.15) is 15.0 Å². The molecule has 0 saturated heterocycles. The van der Waals surface area contributed by atoms with Crippen molar-refractivity contribution in [3.8, 4) is 11.5 Å². The van der Waals surface area contributed by atoms with E-state index in [0.717, 1.165) is 11.3 Å². The molecule has 0 aliphatic carbocycles. The molecule has 28 heavy (non-hydrogen) atoms. The van der Waals surface area contributed by atoms with Crippen molar-refractivity contribution in [1.29, 1.82) is 0 Å². The predicted molar refractivity (Wildman–Crippen MR) is 111 cm³/mol. The van der Waals surface area contributed by atoms with Crippen molar-refractivity contribution in [2.75, 3.05) is 17.8 Å². The number of ether oxygens (including phenoxy) is 2. The average molecular weight is 416 g/mol. The fourth-order valence-corrected chi connectivity index (χ4v) is 3.85. The zero-order valence-electron chi connectivity index (χ0n) is 15.1. The van der Waals surface area contributed by atoms with E-state index in [1.807, 2.05) is 49.4 Å². The van der Waals surface area contributed by atoms with Gasteiger partial charge in [0.25, 0.3) is 0 Å². The van der Waals surface area contributed by atoms with Crippen molar-refractivity contribution in [2.45, 2.75) is 17.9 Å². The second-order valence-corrected chi connectivity index (χ2v) is 7.87. The lowest BCUT2D eigenvalue weighted by atomic mass is 10.2. The second kappa shape index (κ2) is 8.12. The summed E-state index contributed by atoms with van der Waals surface area (Å²) in [5, 5.41) is 3.71. The van der Waals surface area contributed by atoms with E-state index in [0.29, 0.717) is 34.0 Å². The Morgan fingerprint density at radius 1 is 1.18 bits per heavy atom. The molecule has 0 saturated carbocycles. The third-order valence-electron chi connectivity index (χ3n) is 4.05. The summed E-state index contributed by atoms with van der Waals surface area (Å²) in [4.78, 5) is 13.0. The lowest BCUT2D eigenvalue weighted by Gasteiger charge is -2.13. The van der Waals surface area contributed by atoms with Crippen LogP contribution in [0.4, 0.5) is 17.6 Å². The quantitative estimate of drug-likeness (QED) is 0.604. The summed E-state index contributed by atoms with van der Waals surface area (Å²) in [5.74, 6) is 3.21. The van der Waals surface area contributed by atoms with E-state index in [2.05, 4.69) is 20.3 Å². The molecule has 1 aliphatic rings. The predicted octanol–water partition coefficient (Wildman–Crippen LogP) is 4.57. The number of benzene rings is 2. The molecule has 0 radical (unpaired) electrons. The summed E-state index contributed by atoms with van der Waals surface area (Å²) < 4.78 is 10.8. The number of para-hydroxylation sites is 1. The molecule has 3 aromatic rings. The third kappa shape index (κ3) is 4.23. The number of hydrogen-bond donors (Lipinski definition) is 2. The minimum absolute atomic E-state index is 0.00539. The molecule has 0 bridgehead atoms. The summed E-state index contributed by atoms with van der Waals surface area (Å²) in [6.07, 6.45) is 0. The van der Waals surface area contributed by atoms with Crippen LogP contribution in [0.1, 0.15) is 23.6 Å². The SMILES string of the molecule is C[C@H](SCc1cc(Cl)c2c(c1)OCO2)c1nc(N)nc(Nc2ccccc2)n1. The number of nitrogen functional groups attached to an aromatic ring is 1. The maximum absolute atomic E-state index is 6.25. The summed E-state index contributed by atoms with van der Waals surface area (Å²) in [7, 11) is 0. The zero-order chi connectivity index (χ0) is 19.5. The Balaban J connectivity index is 1.46. The van der Waals surface area contributed by atoms with Crippen LogP contribution in [0.5, 0.6) is 11.5 Å². The van der Waals surface area contributed by atoms with Gasteiger partial charge in [-0.25, -0.2) is 0 Å². The minimum atomic E-state index is 0.00539. The summed E-state index contributed by atoms with van der Waals surface area (Å²) in [6.45, 7) is 2.23. The molecule has 1 atom stereocenters. The summed E-state index contributed by atoms with van der Waals surface area (Å²) in [6, 6.07) is 13.5. The maximum Gasteiger partial charge on any atom is 0.232 e. The van der Waals surface area contributed by atoms with Gasteiger partial charge in [-0.1, -0.05) is 29.8 Å². The minimum Gasteiger partial charge on any atom is -0.454 e. The van der Waals surface area contributed by atoms with E-state index < -0.39 is 0 Å². The lowest BCUT2D eigenvalue weighted by Crippen LogP contribution is -2.08. The highest BCUT2D eigenvalue weighted by molar-refractivity contribution is 7.98. The number of aromatic nitrogens is 3. The number of anilines is 3. The van der Waals surface area contributed by atoms with Crippen LogP contribution in [-0.2, 0) is 5.75 Å². The fraction of sp³-hybridized carbons (Fsp3) is 0.211. The average Bonchev–Trinajstić information content (AvgIpc) is 3.16. The van der Waals surface area contributed by atoms with Gasteiger partial charge in [-0.3, -0.25) is 0 Å². The van der Waals surface area contributed by atoms with Crippen LogP contribution in [0, 0.1) is 0 Å². The van der Waals surface area contributed by atoms with Gasteiger partial charge in [-0.15, -0.1) is 11.8 Å². The zero-order valence-corrected chi connectivity index (χ0v) is 16.6. The van der Waals surface area contributed by atoms with E-state index in [1.54, 1.807) is 11.8 Å². The molecular weight excluding hydrogens is 398 g/mol. The Hall–Kier alpha value is -2.71. The van der Waals surface area contributed by atoms with E-state index in [4.69, 9.17) is 26.8 Å². The standard InChI is InChI=1S/C19H18ClN5O2S/c1-11(28-9-12-7-14(20)16-15(8-12)26-10-27-16)17-23-18(21)25-19(24-17)22-13-5-3-2-4-6-13/h2-8,11H,9-10H2,1H3,(H3,21,22,23,24,25)/t11-/m0/s1. The largest absolute Gasteiger partial charge is 0.454 e. The van der Waals surface area contributed by atoms with Crippen LogP contribution in [0.3, 0.4) is 0 Å². The van der Waals surface area contributed by atoms with Crippen molar-refractivity contribution in [3.63, 3.8) is 0 Å². The molecule has 0 fully saturated rings. The normalized spacial score (nSPS) is 13.4. The molecule has 3 N–H and O–H groups in total. The molecule has 2 heterocycles. The number of rotatable bonds is 6. The highest BCUT2D eigenvalue weighted by Gasteiger charge is 2.19. The molecule has 144 valence electrons. The Morgan fingerprint density at radius 3 is 2.82 bits per heavy atom. The Bertz CT molecular complexity index is 990. The first-order valence-electron chi connectivity index (χ1n) is 8.61. The number of nitrogens with one attached hydrogen (secondary N) is 1. The van der Waals surface area contributed by atoms with Gasteiger partial charge in [0, 0.05) is 11.4 Å². The highest BCUT2D eigenvalue weighted by atomic mass is 35.5. The van der Waals surface area contributed by atoms with Crippen molar-refractivity contribution < 1.29 is 9.47 Å². The number of nitrogens with two attached hydrogens (primary N) is 1. The van der Waals surface area contributed by atoms with Gasteiger partial charge >= 0.3 is 0 Å². The van der Waals surface area contributed by atoms with E-state index in [1.165, 1.54) is 0 Å². The molecule has 2 aromatic carbocycles. The van der Waals surface area contributed by atoms with Gasteiger partial charge in [-0.05, 0) is 36.8 Å². The maximum atomic E-state index is 6.25. The first-order chi connectivity index (χ1) is 13.6. The van der Waals surface area contributed by atoms with Gasteiger partial charge in [0.05, 0.1) is 10.3 Å². The molecule has 9 heteroatoms. The molecular formula is C19H18ClN5O2S. The topological polar surface area (TPSA) is 95.2 Å². The van der Waals surface area contributed by atoms with Crippen LogP contribution in [-0.4, -0.2) is 21.7 Å². The Kier molecular flexibility index (Phi) is 5.40. The van der Waals surface area contributed by atoms with E-state index in [-0.39, 0.29) is 18.0 Å². The first kappa shape index (κ1) is 18.6. The summed E-state index contributed by atoms with van der Waals surface area (Å²) >= 11 is 7.92. The van der Waals surface area contributed by atoms with Crippen molar-refractivity contribution in [2.24, 2.45) is 0 Å². The molecule has 0 spiro atoms. The van der Waals surface area contributed by atoms with Crippen LogP contribution < -0.4 is 20.5 Å². The molecule has 0 amide bonds. The number of hydrogen-bond acceptors (Lipinski definition) is 8. The molecule has 0 unspecified atom stereocenters. The first-order valence-corrected chi connectivity index (χ1v) is 10.0. The number of thioether (sulfide) groups is 1. The molecule has 1 aromatic heterocycles. The van der Waals surface area contributed by atoms with Crippen LogP contribution in [0.2, 0.25) is 5.02 Å². The van der Waals surface area contributed by atoms with Gasteiger partial charge in [0.15, 0.2) is 11.5 Å². The summed E-state index contributed by atoms with van der Waals surface area (Å²) in [5.41, 5.74) is 7.80. The number of nitrogens with zero attached hydrogens (tertiary/aromatic N) is 3. The van der Waals surface area contributed by atoms with Crippen LogP contribution in [0.25, 0.3) is 0 Å². The van der Waals surface area contributed by atoms with Gasteiger partial charge < -0.3 is 20.5 Å². The van der Waals surface area contributed by atoms with E-state index in [9.17, 15) is 0 Å². The Morgan fingerprint density at radius 2 is 2.00 bits per heavy atom. The molecule has 4 rings (SSSR count).